The average Bonchev–Trinajstić information content (AvgIpc) is 2.57. The third kappa shape index (κ3) is 7.70. The quantitative estimate of drug-likeness (QED) is 0.683. The van der Waals surface area contributed by atoms with E-state index in [1.54, 1.807) is 0 Å². The number of hydrogen-bond donors (Lipinski definition) is 3. The van der Waals surface area contributed by atoms with E-state index in [2.05, 4.69) is 22.0 Å². The minimum atomic E-state index is -1.82. The maximum Gasteiger partial charge on any atom is 0.414 e. The molecule has 1 saturated heterocycles. The maximum atomic E-state index is 11.9. The molecule has 1 aliphatic heterocycles. The summed E-state index contributed by atoms with van der Waals surface area (Å²) >= 11 is 0. The lowest BCUT2D eigenvalue weighted by molar-refractivity contribution is -0.159. The molecule has 1 aromatic carbocycles. The van der Waals surface area contributed by atoms with Crippen LogP contribution in [0.2, 0.25) is 0 Å². The summed E-state index contributed by atoms with van der Waals surface area (Å²) in [5, 5.41) is 17.7. The molecule has 8 heteroatoms. The first kappa shape index (κ1) is 19.6. The lowest BCUT2D eigenvalue weighted by Gasteiger charge is -2.33. The fourth-order valence-electron chi connectivity index (χ4n) is 2.19. The Morgan fingerprint density at radius 2 is 1.46 bits per heavy atom. The van der Waals surface area contributed by atoms with E-state index < -0.39 is 11.9 Å². The molecule has 1 fully saturated rings. The molecule has 0 atom stereocenters. The van der Waals surface area contributed by atoms with Gasteiger partial charge in [-0.05, 0) is 18.7 Å². The van der Waals surface area contributed by atoms with Gasteiger partial charge in [0.05, 0.1) is 6.54 Å². The Hall–Kier alpha value is -2.45. The summed E-state index contributed by atoms with van der Waals surface area (Å²) in [5.74, 6) is -3.57. The van der Waals surface area contributed by atoms with Gasteiger partial charge < -0.3 is 20.4 Å². The number of rotatable bonds is 4. The largest absolute Gasteiger partial charge is 0.473 e. The van der Waals surface area contributed by atoms with Crippen LogP contribution < -0.4 is 5.32 Å². The number of hydrogen-bond acceptors (Lipinski definition) is 5. The fourth-order valence-corrected chi connectivity index (χ4v) is 2.19. The summed E-state index contributed by atoms with van der Waals surface area (Å²) in [6.45, 7) is 7.87. The van der Waals surface area contributed by atoms with Crippen molar-refractivity contribution in [1.82, 2.24) is 9.80 Å². The molecule has 24 heavy (non-hydrogen) atoms. The average molecular weight is 337 g/mol. The zero-order valence-electron chi connectivity index (χ0n) is 13.6. The number of para-hydroxylation sites is 1. The first-order valence-corrected chi connectivity index (χ1v) is 7.68. The Morgan fingerprint density at radius 3 is 1.92 bits per heavy atom. The normalized spacial score (nSPS) is 15.0. The highest BCUT2D eigenvalue weighted by atomic mass is 16.4. The van der Waals surface area contributed by atoms with Crippen molar-refractivity contribution in [2.24, 2.45) is 0 Å². The van der Waals surface area contributed by atoms with E-state index in [1.165, 1.54) is 0 Å². The van der Waals surface area contributed by atoms with Crippen LogP contribution in [0.1, 0.15) is 6.92 Å². The summed E-state index contributed by atoms with van der Waals surface area (Å²) in [5.41, 5.74) is 0.870. The van der Waals surface area contributed by atoms with Crippen LogP contribution in [0.5, 0.6) is 0 Å². The fraction of sp³-hybridized carbons (Fsp3) is 0.438. The zero-order valence-corrected chi connectivity index (χ0v) is 13.6. The second kappa shape index (κ2) is 10.3. The van der Waals surface area contributed by atoms with Gasteiger partial charge in [0.2, 0.25) is 5.91 Å². The molecule has 1 amide bonds. The number of carbonyl (C=O) groups excluding carboxylic acids is 1. The van der Waals surface area contributed by atoms with E-state index in [9.17, 15) is 4.79 Å². The number of benzene rings is 1. The van der Waals surface area contributed by atoms with Gasteiger partial charge in [-0.3, -0.25) is 9.69 Å². The van der Waals surface area contributed by atoms with Crippen molar-refractivity contribution in [2.45, 2.75) is 6.92 Å². The van der Waals surface area contributed by atoms with Crippen molar-refractivity contribution >= 4 is 23.5 Å². The van der Waals surface area contributed by atoms with Gasteiger partial charge in [-0.1, -0.05) is 25.1 Å². The van der Waals surface area contributed by atoms with Crippen LogP contribution in [0.15, 0.2) is 30.3 Å². The number of amides is 1. The summed E-state index contributed by atoms with van der Waals surface area (Å²) in [6.07, 6.45) is 0. The predicted octanol–water partition coefficient (Wildman–Crippen LogP) is 0.418. The standard InChI is InChI=1S/C14H21N3O.C2H2O4/c1-2-16-8-10-17(11-9-16)12-14(18)15-13-6-4-3-5-7-13;3-1(4)2(5)6/h3-7H,2,8-12H2,1H3,(H,15,18);(H,3,4)(H,5,6). The Morgan fingerprint density at radius 1 is 0.958 bits per heavy atom. The first-order valence-electron chi connectivity index (χ1n) is 7.68. The Bertz CT molecular complexity index is 530. The van der Waals surface area contributed by atoms with Gasteiger partial charge >= 0.3 is 11.9 Å². The Balaban J connectivity index is 0.000000413. The second-order valence-corrected chi connectivity index (χ2v) is 5.23. The van der Waals surface area contributed by atoms with E-state index in [4.69, 9.17) is 19.8 Å². The summed E-state index contributed by atoms with van der Waals surface area (Å²) in [7, 11) is 0. The number of carboxylic acids is 2. The van der Waals surface area contributed by atoms with E-state index >= 15 is 0 Å². The van der Waals surface area contributed by atoms with Gasteiger partial charge in [0.15, 0.2) is 0 Å². The van der Waals surface area contributed by atoms with Gasteiger partial charge in [0.25, 0.3) is 0 Å². The molecule has 8 nitrogen and oxygen atoms in total. The van der Waals surface area contributed by atoms with Crippen LogP contribution in [-0.4, -0.2) is 77.1 Å². The van der Waals surface area contributed by atoms with Gasteiger partial charge in [0, 0.05) is 31.9 Å². The maximum absolute atomic E-state index is 11.9. The molecular weight excluding hydrogens is 314 g/mol. The molecule has 0 bridgehead atoms. The van der Waals surface area contributed by atoms with Crippen molar-refractivity contribution in [3.05, 3.63) is 30.3 Å². The highest BCUT2D eigenvalue weighted by molar-refractivity contribution is 6.27. The third-order valence-corrected chi connectivity index (χ3v) is 3.52. The van der Waals surface area contributed by atoms with E-state index in [-0.39, 0.29) is 5.91 Å². The summed E-state index contributed by atoms with van der Waals surface area (Å²) < 4.78 is 0. The molecule has 1 heterocycles. The molecule has 0 aliphatic carbocycles. The number of aliphatic carboxylic acids is 2. The Kier molecular flexibility index (Phi) is 8.45. The smallest absolute Gasteiger partial charge is 0.414 e. The SMILES string of the molecule is CCN1CCN(CC(=O)Nc2ccccc2)CC1.O=C(O)C(=O)O. The minimum Gasteiger partial charge on any atom is -0.473 e. The van der Waals surface area contributed by atoms with E-state index in [0.717, 1.165) is 38.4 Å². The lowest BCUT2D eigenvalue weighted by Crippen LogP contribution is -2.48. The van der Waals surface area contributed by atoms with Crippen LogP contribution >= 0.6 is 0 Å². The molecule has 3 N–H and O–H groups in total. The van der Waals surface area contributed by atoms with Crippen molar-refractivity contribution in [1.29, 1.82) is 0 Å². The van der Waals surface area contributed by atoms with Gasteiger partial charge in [0.1, 0.15) is 0 Å². The van der Waals surface area contributed by atoms with Gasteiger partial charge in [-0.25, -0.2) is 9.59 Å². The van der Waals surface area contributed by atoms with Crippen LogP contribution in [0, 0.1) is 0 Å². The second-order valence-electron chi connectivity index (χ2n) is 5.23. The van der Waals surface area contributed by atoms with Crippen molar-refractivity contribution in [3.8, 4) is 0 Å². The Labute approximate surface area is 140 Å². The van der Waals surface area contributed by atoms with Crippen LogP contribution in [0.4, 0.5) is 5.69 Å². The molecule has 132 valence electrons. The topological polar surface area (TPSA) is 110 Å². The monoisotopic (exact) mass is 337 g/mol. The molecule has 2 rings (SSSR count). The van der Waals surface area contributed by atoms with Crippen LogP contribution in [0.3, 0.4) is 0 Å². The number of carboxylic acid groups (broad SMARTS) is 2. The van der Waals surface area contributed by atoms with Crippen molar-refractivity contribution < 1.29 is 24.6 Å². The highest BCUT2D eigenvalue weighted by Crippen LogP contribution is 2.06. The molecule has 0 aromatic heterocycles. The molecule has 1 aromatic rings. The predicted molar refractivity (Wildman–Crippen MR) is 88.9 cm³/mol. The number of nitrogens with one attached hydrogen (secondary N) is 1. The van der Waals surface area contributed by atoms with E-state index in [0.29, 0.717) is 6.54 Å². The minimum absolute atomic E-state index is 0.0751. The van der Waals surface area contributed by atoms with Gasteiger partial charge in [-0.2, -0.15) is 0 Å². The third-order valence-electron chi connectivity index (χ3n) is 3.52. The van der Waals surface area contributed by atoms with Gasteiger partial charge in [-0.15, -0.1) is 0 Å². The molecule has 0 radical (unpaired) electrons. The van der Waals surface area contributed by atoms with Crippen molar-refractivity contribution in [2.75, 3.05) is 44.6 Å². The van der Waals surface area contributed by atoms with Crippen LogP contribution in [0.25, 0.3) is 0 Å². The molecule has 0 saturated carbocycles. The lowest BCUT2D eigenvalue weighted by atomic mass is 10.3. The summed E-state index contributed by atoms with van der Waals surface area (Å²) in [6, 6.07) is 9.62. The number of piperazine rings is 1. The van der Waals surface area contributed by atoms with Crippen molar-refractivity contribution in [3.63, 3.8) is 0 Å². The number of nitrogens with zero attached hydrogens (tertiary/aromatic N) is 2. The zero-order chi connectivity index (χ0) is 17.9. The molecule has 0 unspecified atom stereocenters. The molecule has 0 spiro atoms. The van der Waals surface area contributed by atoms with Crippen LogP contribution in [-0.2, 0) is 14.4 Å². The number of likely N-dealkylation sites (N-methyl/N-ethyl adjacent to an activating group) is 1. The molecule has 1 aliphatic rings. The summed E-state index contributed by atoms with van der Waals surface area (Å²) in [4.78, 5) is 34.7. The van der Waals surface area contributed by atoms with E-state index in [1.807, 2.05) is 30.3 Å². The highest BCUT2D eigenvalue weighted by Gasteiger charge is 2.17. The molecular formula is C16H23N3O5. The number of anilines is 1. The first-order chi connectivity index (χ1) is 11.4. The number of carbonyl (C=O) groups is 3.